The van der Waals surface area contributed by atoms with Crippen LogP contribution in [0.1, 0.15) is 70.3 Å². The van der Waals surface area contributed by atoms with Crippen LogP contribution in [0.4, 0.5) is 5.69 Å². The number of fused-ring (bicyclic) bond motifs is 1. The Morgan fingerprint density at radius 2 is 1.47 bits per heavy atom. The van der Waals surface area contributed by atoms with E-state index < -0.39 is 0 Å². The van der Waals surface area contributed by atoms with E-state index in [1.165, 1.54) is 40.7 Å². The van der Waals surface area contributed by atoms with Crippen LogP contribution in [0, 0.1) is 12.8 Å². The van der Waals surface area contributed by atoms with E-state index in [0.717, 1.165) is 82.1 Å². The summed E-state index contributed by atoms with van der Waals surface area (Å²) in [7, 11) is 0. The van der Waals surface area contributed by atoms with Gasteiger partial charge in [0.2, 0.25) is 0 Å². The van der Waals surface area contributed by atoms with Crippen LogP contribution in [0.3, 0.4) is 0 Å². The number of benzene rings is 3. The molecule has 1 saturated heterocycles. The molecule has 38 heavy (non-hydrogen) atoms. The lowest BCUT2D eigenvalue weighted by atomic mass is 9.90. The number of nitrogen functional groups attached to an aromatic ring is 1. The third kappa shape index (κ3) is 6.92. The summed E-state index contributed by atoms with van der Waals surface area (Å²) in [4.78, 5) is 18.1. The lowest BCUT2D eigenvalue weighted by Crippen LogP contribution is -2.33. The quantitative estimate of drug-likeness (QED) is 0.266. The summed E-state index contributed by atoms with van der Waals surface area (Å²) in [5.74, 6) is 1.05. The minimum absolute atomic E-state index is 0.311. The molecule has 0 unspecified atom stereocenters. The number of Topliss-reactive ketones (excluding diaryl/α,β-unsaturated/α-hetero) is 1. The molecule has 0 aliphatic carbocycles. The first-order valence-corrected chi connectivity index (χ1v) is 14.5. The third-order valence-electron chi connectivity index (χ3n) is 8.75. The van der Waals surface area contributed by atoms with Gasteiger partial charge in [0.15, 0.2) is 5.78 Å². The zero-order chi connectivity index (χ0) is 26.3. The highest BCUT2D eigenvalue weighted by molar-refractivity contribution is 5.96. The number of para-hydroxylation sites is 1. The molecule has 2 aliphatic rings. The van der Waals surface area contributed by atoms with Crippen molar-refractivity contribution in [2.45, 2.75) is 65.0 Å². The monoisotopic (exact) mass is 509 g/mol. The predicted octanol–water partition coefficient (Wildman–Crippen LogP) is 6.44. The minimum Gasteiger partial charge on any atom is -0.398 e. The average molecular weight is 510 g/mol. The molecule has 200 valence electrons. The number of ketones is 1. The zero-order valence-electron chi connectivity index (χ0n) is 23.0. The maximum atomic E-state index is 13.1. The van der Waals surface area contributed by atoms with E-state index in [1.54, 1.807) is 0 Å². The van der Waals surface area contributed by atoms with Crippen molar-refractivity contribution in [1.82, 2.24) is 9.80 Å². The molecule has 4 nitrogen and oxygen atoms in total. The molecule has 2 N–H and O–H groups in total. The second-order valence-corrected chi connectivity index (χ2v) is 11.4. The van der Waals surface area contributed by atoms with Crippen molar-refractivity contribution in [3.8, 4) is 0 Å². The molecule has 0 spiro atoms. The molecule has 4 heteroatoms. The smallest absolute Gasteiger partial charge is 0.162 e. The van der Waals surface area contributed by atoms with Crippen LogP contribution >= 0.6 is 0 Å². The number of likely N-dealkylation sites (tertiary alicyclic amines) is 1. The van der Waals surface area contributed by atoms with Crippen molar-refractivity contribution in [3.63, 3.8) is 0 Å². The van der Waals surface area contributed by atoms with Gasteiger partial charge in [-0.2, -0.15) is 0 Å². The second kappa shape index (κ2) is 12.7. The van der Waals surface area contributed by atoms with Gasteiger partial charge in [0.25, 0.3) is 0 Å². The normalized spacial score (nSPS) is 17.2. The molecule has 0 bridgehead atoms. The van der Waals surface area contributed by atoms with Gasteiger partial charge in [-0.3, -0.25) is 14.6 Å². The van der Waals surface area contributed by atoms with Crippen LogP contribution < -0.4 is 5.73 Å². The van der Waals surface area contributed by atoms with Gasteiger partial charge in [-0.15, -0.1) is 0 Å². The fraction of sp³-hybridized carbons (Fsp3) is 0.441. The van der Waals surface area contributed by atoms with Crippen LogP contribution in [-0.2, 0) is 25.9 Å². The van der Waals surface area contributed by atoms with Crippen molar-refractivity contribution in [1.29, 1.82) is 0 Å². The highest BCUT2D eigenvalue weighted by Gasteiger charge is 2.21. The van der Waals surface area contributed by atoms with E-state index in [-0.39, 0.29) is 0 Å². The number of nitrogens with zero attached hydrogens (tertiary/aromatic N) is 2. The largest absolute Gasteiger partial charge is 0.398 e. The molecule has 3 aromatic rings. The summed E-state index contributed by atoms with van der Waals surface area (Å²) in [6.45, 7) is 8.52. The van der Waals surface area contributed by atoms with Gasteiger partial charge in [-0.25, -0.2) is 0 Å². The first-order valence-electron chi connectivity index (χ1n) is 14.5. The number of nitrogens with two attached hydrogens (primary N) is 1. The number of carbonyl (C=O) groups excluding carboxylic acids is 1. The first-order chi connectivity index (χ1) is 18.5. The van der Waals surface area contributed by atoms with Crippen molar-refractivity contribution < 1.29 is 4.79 Å². The molecular formula is C34H43N3O. The van der Waals surface area contributed by atoms with E-state index in [9.17, 15) is 4.79 Å². The number of rotatable bonds is 9. The number of hydrogen-bond acceptors (Lipinski definition) is 4. The van der Waals surface area contributed by atoms with Gasteiger partial charge in [-0.1, -0.05) is 54.6 Å². The van der Waals surface area contributed by atoms with Crippen molar-refractivity contribution in [2.75, 3.05) is 31.9 Å². The van der Waals surface area contributed by atoms with Crippen LogP contribution in [0.5, 0.6) is 0 Å². The molecule has 0 saturated carbocycles. The Kier molecular flexibility index (Phi) is 8.93. The number of carbonyl (C=O) groups is 1. The lowest BCUT2D eigenvalue weighted by Gasteiger charge is -2.32. The van der Waals surface area contributed by atoms with E-state index >= 15 is 0 Å². The summed E-state index contributed by atoms with van der Waals surface area (Å²) >= 11 is 0. The second-order valence-electron chi connectivity index (χ2n) is 11.4. The summed E-state index contributed by atoms with van der Waals surface area (Å²) in [5, 5.41) is 0. The summed E-state index contributed by atoms with van der Waals surface area (Å²) in [6, 6.07) is 23.4. The Labute approximate surface area is 228 Å². The fourth-order valence-electron chi connectivity index (χ4n) is 6.18. The maximum Gasteiger partial charge on any atom is 0.162 e. The van der Waals surface area contributed by atoms with Crippen molar-refractivity contribution in [2.24, 2.45) is 5.92 Å². The molecule has 3 aromatic carbocycles. The molecule has 5 rings (SSSR count). The maximum absolute atomic E-state index is 13.1. The van der Waals surface area contributed by atoms with Gasteiger partial charge in [0, 0.05) is 43.9 Å². The summed E-state index contributed by atoms with van der Waals surface area (Å²) in [5.41, 5.74) is 14.7. The van der Waals surface area contributed by atoms with Crippen molar-refractivity contribution in [3.05, 3.63) is 100 Å². The Bertz CT molecular complexity index is 1230. The lowest BCUT2D eigenvalue weighted by molar-refractivity contribution is 0.0974. The summed E-state index contributed by atoms with van der Waals surface area (Å²) in [6.07, 6.45) is 7.35. The van der Waals surface area contributed by atoms with E-state index in [4.69, 9.17) is 5.73 Å². The van der Waals surface area contributed by atoms with Crippen LogP contribution in [-0.4, -0.2) is 41.8 Å². The standard InChI is InChI=1S/C34H43N3O/c1-26-7-2-3-9-31(26)24-37-21-17-28-13-14-30(23-29(28)18-22-37)34(38)12-6-8-27-15-19-36(20-16-27)25-32-10-4-5-11-33(32)35/h2-5,7,9-11,13-14,23,27H,6,8,12,15-22,24-25,35H2,1H3. The van der Waals surface area contributed by atoms with E-state index in [0.29, 0.717) is 12.2 Å². The number of aryl methyl sites for hydroxylation is 1. The zero-order valence-corrected chi connectivity index (χ0v) is 23.0. The SMILES string of the molecule is Cc1ccccc1CN1CCc2ccc(C(=O)CCCC3CCN(Cc4ccccc4N)CC3)cc2CC1. The highest BCUT2D eigenvalue weighted by Crippen LogP contribution is 2.26. The van der Waals surface area contributed by atoms with Crippen LogP contribution in [0.2, 0.25) is 0 Å². The minimum atomic E-state index is 0.311. The van der Waals surface area contributed by atoms with Gasteiger partial charge in [0.1, 0.15) is 0 Å². The molecule has 0 radical (unpaired) electrons. The first kappa shape index (κ1) is 26.6. The number of piperidine rings is 1. The van der Waals surface area contributed by atoms with Gasteiger partial charge in [0.05, 0.1) is 0 Å². The molecule has 0 aromatic heterocycles. The Morgan fingerprint density at radius 1 is 0.816 bits per heavy atom. The average Bonchev–Trinajstić information content (AvgIpc) is 3.14. The fourth-order valence-corrected chi connectivity index (χ4v) is 6.18. The van der Waals surface area contributed by atoms with Crippen LogP contribution in [0.15, 0.2) is 66.7 Å². The summed E-state index contributed by atoms with van der Waals surface area (Å²) < 4.78 is 0. The van der Waals surface area contributed by atoms with Crippen LogP contribution in [0.25, 0.3) is 0 Å². The van der Waals surface area contributed by atoms with E-state index in [1.807, 2.05) is 12.1 Å². The molecule has 2 heterocycles. The van der Waals surface area contributed by atoms with Gasteiger partial charge >= 0.3 is 0 Å². The molecule has 1 fully saturated rings. The molecule has 2 aliphatic heterocycles. The Hall–Kier alpha value is -2.95. The Balaban J connectivity index is 1.06. The van der Waals surface area contributed by atoms with E-state index in [2.05, 4.69) is 71.3 Å². The molecular weight excluding hydrogens is 466 g/mol. The number of hydrogen-bond donors (Lipinski definition) is 1. The predicted molar refractivity (Wildman–Crippen MR) is 157 cm³/mol. The highest BCUT2D eigenvalue weighted by atomic mass is 16.1. The van der Waals surface area contributed by atoms with Gasteiger partial charge in [-0.05, 0) is 104 Å². The molecule has 0 amide bonds. The third-order valence-corrected chi connectivity index (χ3v) is 8.75. The Morgan fingerprint density at radius 3 is 2.24 bits per heavy atom. The van der Waals surface area contributed by atoms with Crippen molar-refractivity contribution >= 4 is 11.5 Å². The number of anilines is 1. The molecule has 0 atom stereocenters. The topological polar surface area (TPSA) is 49.6 Å². The van der Waals surface area contributed by atoms with Gasteiger partial charge < -0.3 is 5.73 Å².